The predicted molar refractivity (Wildman–Crippen MR) is 87.1 cm³/mol. The van der Waals surface area contributed by atoms with E-state index in [4.69, 9.17) is 4.74 Å². The lowest BCUT2D eigenvalue weighted by atomic mass is 10.0. The minimum Gasteiger partial charge on any atom is -0.465 e. The average Bonchev–Trinajstić information content (AvgIpc) is 3.15. The first-order chi connectivity index (χ1) is 10.7. The van der Waals surface area contributed by atoms with E-state index < -0.39 is 0 Å². The van der Waals surface area contributed by atoms with Crippen molar-refractivity contribution in [3.63, 3.8) is 0 Å². The molecule has 6 nitrogen and oxygen atoms in total. The van der Waals surface area contributed by atoms with Crippen molar-refractivity contribution < 1.29 is 14.3 Å². The van der Waals surface area contributed by atoms with Gasteiger partial charge in [0, 0.05) is 6.42 Å². The molecule has 2 rings (SSSR count). The van der Waals surface area contributed by atoms with Crippen molar-refractivity contribution in [3.8, 4) is 0 Å². The first kappa shape index (κ1) is 17.2. The minimum atomic E-state index is -0.273. The Hall–Kier alpha value is -1.15. The molecule has 0 spiro atoms. The van der Waals surface area contributed by atoms with Gasteiger partial charge in [0.1, 0.15) is 0 Å². The van der Waals surface area contributed by atoms with Crippen LogP contribution in [-0.4, -0.2) is 34.4 Å². The van der Waals surface area contributed by atoms with Crippen LogP contribution in [0, 0.1) is 5.92 Å². The minimum absolute atomic E-state index is 0.00927. The van der Waals surface area contributed by atoms with E-state index in [-0.39, 0.29) is 17.6 Å². The standard InChI is InChI=1S/C14H21N3O3S2/c1-2-20-12(19)9-21-14-17-16-13(22-14)15-11(18)8-7-10-5-3-4-6-10/h10H,2-9H2,1H3,(H,15,16,18). The molecule has 1 heterocycles. The van der Waals surface area contributed by atoms with E-state index in [9.17, 15) is 9.59 Å². The summed E-state index contributed by atoms with van der Waals surface area (Å²) < 4.78 is 5.49. The molecule has 122 valence electrons. The van der Waals surface area contributed by atoms with Crippen LogP contribution in [0.4, 0.5) is 5.13 Å². The van der Waals surface area contributed by atoms with E-state index in [1.54, 1.807) is 6.92 Å². The van der Waals surface area contributed by atoms with Crippen molar-refractivity contribution in [3.05, 3.63) is 0 Å². The zero-order valence-electron chi connectivity index (χ0n) is 12.7. The van der Waals surface area contributed by atoms with Gasteiger partial charge in [0.2, 0.25) is 11.0 Å². The van der Waals surface area contributed by atoms with Gasteiger partial charge in [0.15, 0.2) is 4.34 Å². The lowest BCUT2D eigenvalue weighted by Gasteiger charge is -2.07. The summed E-state index contributed by atoms with van der Waals surface area (Å²) in [6.07, 6.45) is 6.58. The van der Waals surface area contributed by atoms with Crippen molar-refractivity contribution in [2.75, 3.05) is 17.7 Å². The van der Waals surface area contributed by atoms with Gasteiger partial charge in [-0.25, -0.2) is 0 Å². The maximum Gasteiger partial charge on any atom is 0.316 e. The summed E-state index contributed by atoms with van der Waals surface area (Å²) in [5, 5.41) is 11.1. The Kier molecular flexibility index (Phi) is 7.11. The zero-order valence-corrected chi connectivity index (χ0v) is 14.3. The number of ether oxygens (including phenoxy) is 1. The molecular formula is C14H21N3O3S2. The van der Waals surface area contributed by atoms with Crippen molar-refractivity contribution in [2.24, 2.45) is 5.92 Å². The molecule has 1 aromatic heterocycles. The second-order valence-electron chi connectivity index (χ2n) is 5.20. The van der Waals surface area contributed by atoms with Crippen LogP contribution >= 0.6 is 23.1 Å². The number of nitrogens with zero attached hydrogens (tertiary/aromatic N) is 2. The van der Waals surface area contributed by atoms with E-state index in [0.29, 0.717) is 28.4 Å². The maximum absolute atomic E-state index is 11.9. The predicted octanol–water partition coefficient (Wildman–Crippen LogP) is 3.10. The molecule has 0 bridgehead atoms. The summed E-state index contributed by atoms with van der Waals surface area (Å²) in [6.45, 7) is 2.14. The monoisotopic (exact) mass is 343 g/mol. The Labute approximate surface area is 138 Å². The van der Waals surface area contributed by atoms with Gasteiger partial charge in [-0.2, -0.15) is 0 Å². The van der Waals surface area contributed by atoms with E-state index in [2.05, 4.69) is 15.5 Å². The second-order valence-corrected chi connectivity index (χ2v) is 7.40. The van der Waals surface area contributed by atoms with Gasteiger partial charge < -0.3 is 10.1 Å². The summed E-state index contributed by atoms with van der Waals surface area (Å²) in [5.41, 5.74) is 0. The van der Waals surface area contributed by atoms with Crippen LogP contribution in [0.2, 0.25) is 0 Å². The van der Waals surface area contributed by atoms with Crippen LogP contribution in [-0.2, 0) is 14.3 Å². The third-order valence-corrected chi connectivity index (χ3v) is 5.47. The van der Waals surface area contributed by atoms with E-state index in [0.717, 1.165) is 6.42 Å². The Morgan fingerprint density at radius 1 is 1.36 bits per heavy atom. The third-order valence-electron chi connectivity index (χ3n) is 3.53. The van der Waals surface area contributed by atoms with Crippen LogP contribution in [0.5, 0.6) is 0 Å². The molecule has 1 fully saturated rings. The van der Waals surface area contributed by atoms with Crippen molar-refractivity contribution in [1.82, 2.24) is 10.2 Å². The van der Waals surface area contributed by atoms with Crippen molar-refractivity contribution >= 4 is 40.1 Å². The highest BCUT2D eigenvalue weighted by molar-refractivity contribution is 8.01. The fourth-order valence-corrected chi connectivity index (χ4v) is 4.02. The molecular weight excluding hydrogens is 322 g/mol. The highest BCUT2D eigenvalue weighted by Gasteiger charge is 2.17. The number of esters is 1. The average molecular weight is 343 g/mol. The summed E-state index contributed by atoms with van der Waals surface area (Å²) in [5.74, 6) is 0.628. The molecule has 1 amide bonds. The summed E-state index contributed by atoms with van der Waals surface area (Å²) >= 11 is 2.55. The van der Waals surface area contributed by atoms with Crippen LogP contribution in [0.1, 0.15) is 45.4 Å². The van der Waals surface area contributed by atoms with Crippen molar-refractivity contribution in [1.29, 1.82) is 0 Å². The van der Waals surface area contributed by atoms with E-state index >= 15 is 0 Å². The maximum atomic E-state index is 11.9. The molecule has 1 aliphatic rings. The van der Waals surface area contributed by atoms with Crippen LogP contribution < -0.4 is 5.32 Å². The molecule has 8 heteroatoms. The molecule has 0 saturated heterocycles. The van der Waals surface area contributed by atoms with Gasteiger partial charge in [-0.15, -0.1) is 10.2 Å². The number of anilines is 1. The molecule has 0 unspecified atom stereocenters. The van der Waals surface area contributed by atoms with Gasteiger partial charge in [-0.3, -0.25) is 9.59 Å². The topological polar surface area (TPSA) is 81.2 Å². The largest absolute Gasteiger partial charge is 0.465 e. The number of hydrogen-bond donors (Lipinski definition) is 1. The molecule has 1 N–H and O–H groups in total. The lowest BCUT2D eigenvalue weighted by molar-refractivity contribution is -0.139. The Balaban J connectivity index is 1.69. The number of aromatic nitrogens is 2. The van der Waals surface area contributed by atoms with Gasteiger partial charge >= 0.3 is 5.97 Å². The molecule has 1 saturated carbocycles. The third kappa shape index (κ3) is 5.92. The highest BCUT2D eigenvalue weighted by atomic mass is 32.2. The number of rotatable bonds is 8. The number of amides is 1. The van der Waals surface area contributed by atoms with Crippen LogP contribution in [0.15, 0.2) is 4.34 Å². The summed E-state index contributed by atoms with van der Waals surface area (Å²) in [4.78, 5) is 23.1. The van der Waals surface area contributed by atoms with Crippen molar-refractivity contribution in [2.45, 2.75) is 49.8 Å². The number of hydrogen-bond acceptors (Lipinski definition) is 7. The zero-order chi connectivity index (χ0) is 15.8. The van der Waals surface area contributed by atoms with E-state index in [1.165, 1.54) is 48.8 Å². The van der Waals surface area contributed by atoms with Gasteiger partial charge in [0.05, 0.1) is 12.4 Å². The smallest absolute Gasteiger partial charge is 0.316 e. The number of carbonyl (C=O) groups excluding carboxylic acids is 2. The normalized spacial score (nSPS) is 15.0. The molecule has 0 radical (unpaired) electrons. The lowest BCUT2D eigenvalue weighted by Crippen LogP contribution is -2.12. The molecule has 0 atom stereocenters. The SMILES string of the molecule is CCOC(=O)CSc1nnc(NC(=O)CCC2CCCC2)s1. The molecule has 0 aliphatic heterocycles. The van der Waals surface area contributed by atoms with Gasteiger partial charge in [-0.1, -0.05) is 48.8 Å². The quantitative estimate of drug-likeness (QED) is 0.444. The Bertz CT molecular complexity index is 501. The summed E-state index contributed by atoms with van der Waals surface area (Å²) in [7, 11) is 0. The highest BCUT2D eigenvalue weighted by Crippen LogP contribution is 2.29. The number of thioether (sulfide) groups is 1. The second kappa shape index (κ2) is 9.09. The van der Waals surface area contributed by atoms with Gasteiger partial charge in [0.25, 0.3) is 0 Å². The van der Waals surface area contributed by atoms with Crippen LogP contribution in [0.3, 0.4) is 0 Å². The Morgan fingerprint density at radius 2 is 2.14 bits per heavy atom. The molecule has 22 heavy (non-hydrogen) atoms. The number of nitrogens with one attached hydrogen (secondary N) is 1. The number of carbonyl (C=O) groups is 2. The molecule has 0 aromatic carbocycles. The van der Waals surface area contributed by atoms with Crippen LogP contribution in [0.25, 0.3) is 0 Å². The van der Waals surface area contributed by atoms with Gasteiger partial charge in [-0.05, 0) is 19.3 Å². The Morgan fingerprint density at radius 3 is 2.86 bits per heavy atom. The first-order valence-corrected chi connectivity index (χ1v) is 9.39. The summed E-state index contributed by atoms with van der Waals surface area (Å²) in [6, 6.07) is 0. The molecule has 1 aromatic rings. The first-order valence-electron chi connectivity index (χ1n) is 7.59. The fraction of sp³-hybridized carbons (Fsp3) is 0.714. The molecule has 1 aliphatic carbocycles. The van der Waals surface area contributed by atoms with E-state index in [1.807, 2.05) is 0 Å². The fourth-order valence-electron chi connectivity index (χ4n) is 2.46.